The topological polar surface area (TPSA) is 55.1 Å². The Bertz CT molecular complexity index is 641. The van der Waals surface area contributed by atoms with Crippen molar-refractivity contribution in [3.63, 3.8) is 0 Å². The Balaban J connectivity index is 2.23. The number of benzene rings is 2. The summed E-state index contributed by atoms with van der Waals surface area (Å²) in [5.41, 5.74) is 6.26. The number of amides is 1. The maximum Gasteiger partial charge on any atom is 0.258 e. The number of halogens is 2. The maximum atomic E-state index is 13.6. The fraction of sp³-hybridized carbons (Fsp3) is 0.0714. The average Bonchev–Trinajstić information content (AvgIpc) is 2.33. The lowest BCUT2D eigenvalue weighted by Gasteiger charge is -2.07. The van der Waals surface area contributed by atoms with E-state index in [1.807, 2.05) is 0 Å². The molecular formula is C14H12F2N2O. The molecule has 0 unspecified atom stereocenters. The molecular weight excluding hydrogens is 250 g/mol. The fourth-order valence-corrected chi connectivity index (χ4v) is 1.62. The highest BCUT2D eigenvalue weighted by molar-refractivity contribution is 6.04. The first kappa shape index (κ1) is 13.0. The van der Waals surface area contributed by atoms with E-state index in [1.54, 1.807) is 13.0 Å². The van der Waals surface area contributed by atoms with Gasteiger partial charge in [0.15, 0.2) is 0 Å². The van der Waals surface area contributed by atoms with E-state index in [0.717, 1.165) is 11.6 Å². The number of carbonyl (C=O) groups excluding carboxylic acids is 1. The van der Waals surface area contributed by atoms with Crippen LogP contribution in [-0.2, 0) is 0 Å². The molecule has 0 aromatic heterocycles. The molecule has 0 fully saturated rings. The van der Waals surface area contributed by atoms with Crippen molar-refractivity contribution < 1.29 is 13.6 Å². The summed E-state index contributed by atoms with van der Waals surface area (Å²) in [7, 11) is 0. The van der Waals surface area contributed by atoms with Crippen LogP contribution in [0.3, 0.4) is 0 Å². The molecule has 1 amide bonds. The van der Waals surface area contributed by atoms with Gasteiger partial charge in [-0.2, -0.15) is 0 Å². The standard InChI is InChI=1S/C14H12F2N2O/c1-8-2-4-10(12(16)6-8)14(19)18-9-3-5-11(15)13(17)7-9/h2-7H,17H2,1H3,(H,18,19). The van der Waals surface area contributed by atoms with E-state index in [4.69, 9.17) is 5.73 Å². The zero-order chi connectivity index (χ0) is 14.0. The van der Waals surface area contributed by atoms with Crippen LogP contribution in [0.4, 0.5) is 20.2 Å². The second-order valence-electron chi connectivity index (χ2n) is 4.17. The molecule has 19 heavy (non-hydrogen) atoms. The number of hydrogen-bond acceptors (Lipinski definition) is 2. The first-order valence-electron chi connectivity index (χ1n) is 5.60. The van der Waals surface area contributed by atoms with Crippen LogP contribution < -0.4 is 11.1 Å². The van der Waals surface area contributed by atoms with Crippen LogP contribution >= 0.6 is 0 Å². The molecule has 2 rings (SSSR count). The van der Waals surface area contributed by atoms with Gasteiger partial charge in [-0.3, -0.25) is 4.79 Å². The Labute approximate surface area is 109 Å². The summed E-state index contributed by atoms with van der Waals surface area (Å²) >= 11 is 0. The average molecular weight is 262 g/mol. The highest BCUT2D eigenvalue weighted by Gasteiger charge is 2.12. The Morgan fingerprint density at radius 1 is 1.11 bits per heavy atom. The lowest BCUT2D eigenvalue weighted by atomic mass is 10.1. The SMILES string of the molecule is Cc1ccc(C(=O)Nc2ccc(F)c(N)c2)c(F)c1. The van der Waals surface area contributed by atoms with Crippen molar-refractivity contribution in [1.82, 2.24) is 0 Å². The third-order valence-electron chi connectivity index (χ3n) is 2.62. The summed E-state index contributed by atoms with van der Waals surface area (Å²) in [4.78, 5) is 11.9. The van der Waals surface area contributed by atoms with E-state index < -0.39 is 17.5 Å². The minimum Gasteiger partial charge on any atom is -0.396 e. The van der Waals surface area contributed by atoms with E-state index in [0.29, 0.717) is 5.69 Å². The lowest BCUT2D eigenvalue weighted by Crippen LogP contribution is -2.14. The van der Waals surface area contributed by atoms with E-state index in [-0.39, 0.29) is 11.3 Å². The molecule has 0 aliphatic heterocycles. The van der Waals surface area contributed by atoms with Crippen molar-refractivity contribution in [3.8, 4) is 0 Å². The number of carbonyl (C=O) groups is 1. The van der Waals surface area contributed by atoms with Gasteiger partial charge in [-0.05, 0) is 42.8 Å². The van der Waals surface area contributed by atoms with Gasteiger partial charge in [-0.1, -0.05) is 6.07 Å². The van der Waals surface area contributed by atoms with Crippen molar-refractivity contribution in [1.29, 1.82) is 0 Å². The minimum atomic E-state index is -0.608. The first-order chi connectivity index (χ1) is 8.97. The zero-order valence-electron chi connectivity index (χ0n) is 10.2. The van der Waals surface area contributed by atoms with Gasteiger partial charge in [0.1, 0.15) is 11.6 Å². The highest BCUT2D eigenvalue weighted by atomic mass is 19.1. The lowest BCUT2D eigenvalue weighted by molar-refractivity contribution is 0.102. The molecule has 0 spiro atoms. The summed E-state index contributed by atoms with van der Waals surface area (Å²) in [5.74, 6) is -1.78. The van der Waals surface area contributed by atoms with Gasteiger partial charge in [0.05, 0.1) is 11.3 Å². The number of anilines is 2. The van der Waals surface area contributed by atoms with Gasteiger partial charge in [0.25, 0.3) is 5.91 Å². The molecule has 0 atom stereocenters. The fourth-order valence-electron chi connectivity index (χ4n) is 1.62. The Hall–Kier alpha value is -2.43. The van der Waals surface area contributed by atoms with Crippen LogP contribution in [0.25, 0.3) is 0 Å². The number of rotatable bonds is 2. The summed E-state index contributed by atoms with van der Waals surface area (Å²) < 4.78 is 26.6. The molecule has 0 saturated carbocycles. The molecule has 2 aromatic carbocycles. The maximum absolute atomic E-state index is 13.6. The largest absolute Gasteiger partial charge is 0.396 e. The number of aryl methyl sites for hydroxylation is 1. The van der Waals surface area contributed by atoms with E-state index in [9.17, 15) is 13.6 Å². The smallest absolute Gasteiger partial charge is 0.258 e. The molecule has 0 aliphatic carbocycles. The second kappa shape index (κ2) is 5.06. The van der Waals surface area contributed by atoms with Crippen LogP contribution in [-0.4, -0.2) is 5.91 Å². The molecule has 5 heteroatoms. The normalized spacial score (nSPS) is 10.3. The number of nitrogen functional groups attached to an aromatic ring is 1. The highest BCUT2D eigenvalue weighted by Crippen LogP contribution is 2.18. The predicted molar refractivity (Wildman–Crippen MR) is 69.9 cm³/mol. The van der Waals surface area contributed by atoms with Gasteiger partial charge in [-0.25, -0.2) is 8.78 Å². The van der Waals surface area contributed by atoms with Crippen molar-refractivity contribution >= 4 is 17.3 Å². The predicted octanol–water partition coefficient (Wildman–Crippen LogP) is 3.11. The summed E-state index contributed by atoms with van der Waals surface area (Å²) in [6.07, 6.45) is 0. The summed E-state index contributed by atoms with van der Waals surface area (Å²) in [5, 5.41) is 2.46. The molecule has 0 saturated heterocycles. The van der Waals surface area contributed by atoms with Crippen molar-refractivity contribution in [2.45, 2.75) is 6.92 Å². The molecule has 3 nitrogen and oxygen atoms in total. The summed E-state index contributed by atoms with van der Waals surface area (Å²) in [6.45, 7) is 1.73. The zero-order valence-corrected chi connectivity index (χ0v) is 10.2. The van der Waals surface area contributed by atoms with Gasteiger partial charge in [0.2, 0.25) is 0 Å². The monoisotopic (exact) mass is 262 g/mol. The molecule has 0 aliphatic rings. The minimum absolute atomic E-state index is 0.0755. The van der Waals surface area contributed by atoms with Gasteiger partial charge >= 0.3 is 0 Å². The Morgan fingerprint density at radius 3 is 2.47 bits per heavy atom. The second-order valence-corrected chi connectivity index (χ2v) is 4.17. The molecule has 3 N–H and O–H groups in total. The van der Waals surface area contributed by atoms with E-state index in [1.165, 1.54) is 24.3 Å². The molecule has 0 bridgehead atoms. The third-order valence-corrected chi connectivity index (χ3v) is 2.62. The third kappa shape index (κ3) is 2.88. The Kier molecular flexibility index (Phi) is 3.46. The molecule has 98 valence electrons. The van der Waals surface area contributed by atoms with Crippen LogP contribution in [0, 0.1) is 18.6 Å². The van der Waals surface area contributed by atoms with Crippen LogP contribution in [0.15, 0.2) is 36.4 Å². The number of nitrogens with two attached hydrogens (primary N) is 1. The van der Waals surface area contributed by atoms with E-state index in [2.05, 4.69) is 5.32 Å². The van der Waals surface area contributed by atoms with Crippen LogP contribution in [0.5, 0.6) is 0 Å². The van der Waals surface area contributed by atoms with Crippen molar-refractivity contribution in [3.05, 3.63) is 59.2 Å². The molecule has 0 heterocycles. The first-order valence-corrected chi connectivity index (χ1v) is 5.60. The molecule has 0 radical (unpaired) electrons. The van der Waals surface area contributed by atoms with Crippen molar-refractivity contribution in [2.75, 3.05) is 11.1 Å². The number of nitrogens with one attached hydrogen (secondary N) is 1. The quantitative estimate of drug-likeness (QED) is 0.817. The van der Waals surface area contributed by atoms with Gasteiger partial charge in [0, 0.05) is 5.69 Å². The van der Waals surface area contributed by atoms with Gasteiger partial charge < -0.3 is 11.1 Å². The van der Waals surface area contributed by atoms with Crippen LogP contribution in [0.1, 0.15) is 15.9 Å². The summed E-state index contributed by atoms with van der Waals surface area (Å²) in [6, 6.07) is 8.07. The number of hydrogen-bond donors (Lipinski definition) is 2. The molecule has 2 aromatic rings. The van der Waals surface area contributed by atoms with Crippen LogP contribution in [0.2, 0.25) is 0 Å². The van der Waals surface area contributed by atoms with Crippen molar-refractivity contribution in [2.24, 2.45) is 0 Å². The van der Waals surface area contributed by atoms with Gasteiger partial charge in [-0.15, -0.1) is 0 Å². The Morgan fingerprint density at radius 2 is 1.84 bits per heavy atom. The van der Waals surface area contributed by atoms with E-state index >= 15 is 0 Å².